The predicted molar refractivity (Wildman–Crippen MR) is 98.3 cm³/mol. The van der Waals surface area contributed by atoms with Crippen molar-refractivity contribution in [3.8, 4) is 0 Å². The minimum Gasteiger partial charge on any atom is -0.458 e. The average molecular weight is 339 g/mol. The van der Waals surface area contributed by atoms with Gasteiger partial charge in [-0.2, -0.15) is 0 Å². The zero-order valence-corrected chi connectivity index (χ0v) is 15.0. The number of hydrogen-bond donors (Lipinski definition) is 1. The second-order valence-electron chi connectivity index (χ2n) is 6.95. The first-order chi connectivity index (χ1) is 11.8. The third-order valence-corrected chi connectivity index (χ3v) is 3.60. The number of aryl methyl sites for hydroxylation is 1. The van der Waals surface area contributed by atoms with Crippen molar-refractivity contribution in [2.75, 3.05) is 0 Å². The van der Waals surface area contributed by atoms with Crippen LogP contribution in [0.15, 0.2) is 60.7 Å². The van der Waals surface area contributed by atoms with Gasteiger partial charge in [0.2, 0.25) is 0 Å². The Kier molecular flexibility index (Phi) is 6.34. The first-order valence-corrected chi connectivity index (χ1v) is 8.48. The zero-order valence-electron chi connectivity index (χ0n) is 15.0. The van der Waals surface area contributed by atoms with Gasteiger partial charge in [0.25, 0.3) is 5.91 Å². The molecule has 1 N–H and O–H groups in total. The lowest BCUT2D eigenvalue weighted by molar-refractivity contribution is -0.157. The van der Waals surface area contributed by atoms with Crippen LogP contribution >= 0.6 is 0 Å². The highest BCUT2D eigenvalue weighted by Crippen LogP contribution is 2.13. The van der Waals surface area contributed by atoms with Gasteiger partial charge >= 0.3 is 5.97 Å². The van der Waals surface area contributed by atoms with Gasteiger partial charge in [-0.15, -0.1) is 0 Å². The number of carbonyl (C=O) groups excluding carboxylic acids is 2. The Labute approximate surface area is 149 Å². The number of nitrogens with one attached hydrogen (secondary N) is 1. The van der Waals surface area contributed by atoms with Gasteiger partial charge in [0.15, 0.2) is 0 Å². The highest BCUT2D eigenvalue weighted by atomic mass is 16.6. The summed E-state index contributed by atoms with van der Waals surface area (Å²) in [7, 11) is 0. The number of rotatable bonds is 6. The maximum absolute atomic E-state index is 12.5. The minimum atomic E-state index is -0.688. The van der Waals surface area contributed by atoms with E-state index in [4.69, 9.17) is 4.74 Å². The summed E-state index contributed by atoms with van der Waals surface area (Å²) in [6, 6.07) is 18.1. The Morgan fingerprint density at radius 2 is 1.52 bits per heavy atom. The summed E-state index contributed by atoms with van der Waals surface area (Å²) in [5.41, 5.74) is 1.04. The molecular weight excluding hydrogens is 314 g/mol. The Balaban J connectivity index is 2.08. The molecule has 0 fully saturated rings. The van der Waals surface area contributed by atoms with Crippen LogP contribution in [0.5, 0.6) is 0 Å². The van der Waals surface area contributed by atoms with E-state index in [-0.39, 0.29) is 5.91 Å². The molecule has 4 nitrogen and oxygen atoms in total. The third-order valence-electron chi connectivity index (χ3n) is 3.60. The van der Waals surface area contributed by atoms with E-state index in [2.05, 4.69) is 5.32 Å². The molecule has 0 aromatic heterocycles. The summed E-state index contributed by atoms with van der Waals surface area (Å²) in [5, 5.41) is 2.81. The molecule has 0 radical (unpaired) electrons. The van der Waals surface area contributed by atoms with Gasteiger partial charge in [0.1, 0.15) is 11.6 Å². The quantitative estimate of drug-likeness (QED) is 0.815. The molecule has 2 rings (SSSR count). The number of ether oxygens (including phenoxy) is 1. The lowest BCUT2D eigenvalue weighted by atomic mass is 10.0. The van der Waals surface area contributed by atoms with Crippen molar-refractivity contribution in [3.05, 3.63) is 71.8 Å². The molecule has 4 heteroatoms. The van der Waals surface area contributed by atoms with Crippen molar-refractivity contribution >= 4 is 11.9 Å². The van der Waals surface area contributed by atoms with Crippen LogP contribution < -0.4 is 5.32 Å². The molecule has 132 valence electrons. The number of amides is 1. The smallest absolute Gasteiger partial charge is 0.329 e. The molecule has 25 heavy (non-hydrogen) atoms. The van der Waals surface area contributed by atoms with Gasteiger partial charge in [0.05, 0.1) is 0 Å². The Morgan fingerprint density at radius 1 is 0.960 bits per heavy atom. The summed E-state index contributed by atoms with van der Waals surface area (Å²) in [4.78, 5) is 24.9. The van der Waals surface area contributed by atoms with Crippen LogP contribution in [-0.2, 0) is 16.0 Å². The molecule has 0 saturated carbocycles. The lowest BCUT2D eigenvalue weighted by Crippen LogP contribution is -2.44. The second kappa shape index (κ2) is 8.47. The van der Waals surface area contributed by atoms with Crippen LogP contribution in [0, 0.1) is 0 Å². The highest BCUT2D eigenvalue weighted by molar-refractivity contribution is 5.96. The summed E-state index contributed by atoms with van der Waals surface area (Å²) in [6.45, 7) is 5.45. The zero-order chi connectivity index (χ0) is 18.3. The van der Waals surface area contributed by atoms with Gasteiger partial charge in [-0.05, 0) is 51.3 Å². The third kappa shape index (κ3) is 6.42. The number of esters is 1. The highest BCUT2D eigenvalue weighted by Gasteiger charge is 2.26. The predicted octanol–water partition coefficient (Wildman–Crippen LogP) is 3.76. The molecule has 0 bridgehead atoms. The summed E-state index contributed by atoms with van der Waals surface area (Å²) >= 11 is 0. The molecule has 2 aromatic carbocycles. The molecular formula is C21H25NO3. The van der Waals surface area contributed by atoms with E-state index in [0.29, 0.717) is 18.4 Å². The molecule has 0 aliphatic rings. The number of benzene rings is 2. The van der Waals surface area contributed by atoms with Crippen LogP contribution in [0.3, 0.4) is 0 Å². The van der Waals surface area contributed by atoms with Crippen LogP contribution in [0.25, 0.3) is 0 Å². The van der Waals surface area contributed by atoms with E-state index in [1.807, 2.05) is 57.2 Å². The topological polar surface area (TPSA) is 55.4 Å². The average Bonchev–Trinajstić information content (AvgIpc) is 2.58. The van der Waals surface area contributed by atoms with Crippen molar-refractivity contribution in [1.82, 2.24) is 5.32 Å². The maximum atomic E-state index is 12.5. The van der Waals surface area contributed by atoms with Crippen molar-refractivity contribution in [1.29, 1.82) is 0 Å². The first-order valence-electron chi connectivity index (χ1n) is 8.48. The Bertz CT molecular complexity index is 690. The van der Waals surface area contributed by atoms with Crippen molar-refractivity contribution < 1.29 is 14.3 Å². The second-order valence-corrected chi connectivity index (χ2v) is 6.95. The summed E-state index contributed by atoms with van der Waals surface area (Å²) in [6.07, 6.45) is 1.16. The Hall–Kier alpha value is -2.62. The molecule has 0 spiro atoms. The standard InChI is InChI=1S/C21H25NO3/c1-21(2,3)25-20(24)18(15-14-16-10-6-4-7-11-16)22-19(23)17-12-8-5-9-13-17/h4-13,18H,14-15H2,1-3H3,(H,22,23)/t18-/m0/s1. The fraction of sp³-hybridized carbons (Fsp3) is 0.333. The minimum absolute atomic E-state index is 0.274. The molecule has 2 aromatic rings. The molecule has 1 atom stereocenters. The SMILES string of the molecule is CC(C)(C)OC(=O)[C@H](CCc1ccccc1)NC(=O)c1ccccc1. The van der Waals surface area contributed by atoms with Gasteiger partial charge in [-0.1, -0.05) is 48.5 Å². The van der Waals surface area contributed by atoms with Crippen LogP contribution in [-0.4, -0.2) is 23.5 Å². The summed E-state index contributed by atoms with van der Waals surface area (Å²) in [5.74, 6) is -0.683. The van der Waals surface area contributed by atoms with E-state index in [0.717, 1.165) is 5.56 Å². The molecule has 0 heterocycles. The summed E-state index contributed by atoms with van der Waals surface area (Å²) < 4.78 is 5.47. The van der Waals surface area contributed by atoms with Gasteiger partial charge in [-0.3, -0.25) is 4.79 Å². The van der Waals surface area contributed by atoms with Gasteiger partial charge in [0, 0.05) is 5.56 Å². The van der Waals surface area contributed by atoms with E-state index in [1.165, 1.54) is 0 Å². The number of hydrogen-bond acceptors (Lipinski definition) is 3. The van der Waals surface area contributed by atoms with E-state index in [1.54, 1.807) is 24.3 Å². The van der Waals surface area contributed by atoms with E-state index < -0.39 is 17.6 Å². The fourth-order valence-corrected chi connectivity index (χ4v) is 2.41. The molecule has 0 aliphatic heterocycles. The van der Waals surface area contributed by atoms with Crippen molar-refractivity contribution in [3.63, 3.8) is 0 Å². The Morgan fingerprint density at radius 3 is 2.08 bits per heavy atom. The first kappa shape index (κ1) is 18.7. The van der Waals surface area contributed by atoms with Crippen molar-refractivity contribution in [2.45, 2.75) is 45.3 Å². The van der Waals surface area contributed by atoms with Crippen LogP contribution in [0.4, 0.5) is 0 Å². The van der Waals surface area contributed by atoms with Gasteiger partial charge in [-0.25, -0.2) is 4.79 Å². The normalized spacial score (nSPS) is 12.3. The largest absolute Gasteiger partial charge is 0.458 e. The van der Waals surface area contributed by atoms with Crippen LogP contribution in [0.2, 0.25) is 0 Å². The molecule has 0 aliphatic carbocycles. The van der Waals surface area contributed by atoms with E-state index >= 15 is 0 Å². The number of carbonyl (C=O) groups is 2. The molecule has 0 unspecified atom stereocenters. The van der Waals surface area contributed by atoms with E-state index in [9.17, 15) is 9.59 Å². The monoisotopic (exact) mass is 339 g/mol. The van der Waals surface area contributed by atoms with Crippen LogP contribution in [0.1, 0.15) is 43.1 Å². The van der Waals surface area contributed by atoms with Crippen molar-refractivity contribution in [2.24, 2.45) is 0 Å². The fourth-order valence-electron chi connectivity index (χ4n) is 2.41. The lowest BCUT2D eigenvalue weighted by Gasteiger charge is -2.24. The molecule has 0 saturated heterocycles. The maximum Gasteiger partial charge on any atom is 0.329 e. The molecule has 1 amide bonds. The van der Waals surface area contributed by atoms with Gasteiger partial charge < -0.3 is 10.1 Å².